The Morgan fingerprint density at radius 3 is 1.81 bits per heavy atom. The van der Waals surface area contributed by atoms with Gasteiger partial charge in [0.05, 0.1) is 19.8 Å². The van der Waals surface area contributed by atoms with Crippen LogP contribution < -0.4 is 5.73 Å². The second-order valence-electron chi connectivity index (χ2n) is 12.3. The second kappa shape index (κ2) is 33.7. The number of esters is 1. The monoisotopic (exact) mass is 701 g/mol. The van der Waals surface area contributed by atoms with Gasteiger partial charge in [-0.2, -0.15) is 0 Å². The summed E-state index contributed by atoms with van der Waals surface area (Å²) >= 11 is 0. The zero-order chi connectivity index (χ0) is 35.6. The number of carbonyl (C=O) groups excluding carboxylic acids is 1. The molecule has 0 fully saturated rings. The smallest absolute Gasteiger partial charge is 0.472 e. The standard InChI is InChI=1S/C37H68NO9P/c1-3-5-7-9-11-13-15-16-17-18-19-21-23-25-27-29-36(39)47-34(32-45-48(42,43)46-33-35(38)37(40)41)31-44-30-28-26-24-22-20-14-12-10-8-6-4-2/h5,7,11,13,16-17,34-35H,3-4,6,8-10,12,14-15,18-33,38H2,1-2H3,(H,40,41)(H,42,43)/b7-5-,13-11-,17-16-. The van der Waals surface area contributed by atoms with Gasteiger partial charge < -0.3 is 25.2 Å². The van der Waals surface area contributed by atoms with E-state index in [0.717, 1.165) is 70.6 Å². The number of allylic oxidation sites excluding steroid dienone is 6. The maximum Gasteiger partial charge on any atom is 0.472 e. The van der Waals surface area contributed by atoms with Crippen molar-refractivity contribution in [3.05, 3.63) is 36.5 Å². The van der Waals surface area contributed by atoms with Crippen molar-refractivity contribution in [1.29, 1.82) is 0 Å². The molecule has 0 spiro atoms. The molecule has 0 aliphatic heterocycles. The van der Waals surface area contributed by atoms with Gasteiger partial charge in [0.2, 0.25) is 0 Å². The van der Waals surface area contributed by atoms with Crippen molar-refractivity contribution in [2.75, 3.05) is 26.4 Å². The lowest BCUT2D eigenvalue weighted by Gasteiger charge is -2.20. The Labute approximate surface area is 291 Å². The summed E-state index contributed by atoms with van der Waals surface area (Å²) < 4.78 is 33.1. The van der Waals surface area contributed by atoms with Gasteiger partial charge in [-0.1, -0.05) is 134 Å². The average molecular weight is 702 g/mol. The third-order valence-electron chi connectivity index (χ3n) is 7.68. The second-order valence-corrected chi connectivity index (χ2v) is 13.8. The summed E-state index contributed by atoms with van der Waals surface area (Å²) in [6.45, 7) is 3.72. The first-order valence-corrected chi connectivity index (χ1v) is 20.0. The van der Waals surface area contributed by atoms with Gasteiger partial charge >= 0.3 is 19.8 Å². The number of phosphoric ester groups is 1. The number of nitrogens with two attached hydrogens (primary N) is 1. The molecule has 0 aromatic heterocycles. The number of rotatable bonds is 35. The molecule has 0 amide bonds. The molecule has 0 aromatic rings. The highest BCUT2D eigenvalue weighted by molar-refractivity contribution is 7.47. The van der Waals surface area contributed by atoms with E-state index >= 15 is 0 Å². The van der Waals surface area contributed by atoms with Crippen LogP contribution >= 0.6 is 7.82 Å². The largest absolute Gasteiger partial charge is 0.480 e. The normalized spacial score (nSPS) is 14.6. The fraction of sp³-hybridized carbons (Fsp3) is 0.784. The van der Waals surface area contributed by atoms with E-state index in [9.17, 15) is 19.0 Å². The van der Waals surface area contributed by atoms with Gasteiger partial charge in [-0.3, -0.25) is 18.6 Å². The van der Waals surface area contributed by atoms with E-state index in [4.69, 9.17) is 24.8 Å². The molecule has 11 heteroatoms. The molecule has 0 aromatic carbocycles. The predicted octanol–water partition coefficient (Wildman–Crippen LogP) is 9.36. The summed E-state index contributed by atoms with van der Waals surface area (Å²) in [6, 6.07) is -1.47. The number of hydrogen-bond acceptors (Lipinski definition) is 8. The molecular weight excluding hydrogens is 633 g/mol. The van der Waals surface area contributed by atoms with Gasteiger partial charge in [-0.15, -0.1) is 0 Å². The molecule has 0 saturated carbocycles. The van der Waals surface area contributed by atoms with Crippen LogP contribution in [-0.2, 0) is 32.7 Å². The summed E-state index contributed by atoms with van der Waals surface area (Å²) in [5.74, 6) is -1.80. The number of carboxylic acids is 1. The van der Waals surface area contributed by atoms with Crippen molar-refractivity contribution >= 4 is 19.8 Å². The molecule has 0 bridgehead atoms. The third kappa shape index (κ3) is 32.7. The topological polar surface area (TPSA) is 155 Å². The summed E-state index contributed by atoms with van der Waals surface area (Å²) in [5, 5.41) is 8.85. The molecule has 0 radical (unpaired) electrons. The SMILES string of the molecule is CC/C=C\C/C=C\C/C=C\CCCCCCCC(=O)OC(COCCCCCCCCCCCCC)COP(=O)(O)OCC(N)C(=O)O. The lowest BCUT2D eigenvalue weighted by Crippen LogP contribution is -2.34. The first kappa shape index (κ1) is 46.2. The highest BCUT2D eigenvalue weighted by atomic mass is 31.2. The number of carbonyl (C=O) groups is 2. The van der Waals surface area contributed by atoms with Crippen LogP contribution in [0.15, 0.2) is 36.5 Å². The predicted molar refractivity (Wildman–Crippen MR) is 194 cm³/mol. The Morgan fingerprint density at radius 2 is 1.21 bits per heavy atom. The van der Waals surface area contributed by atoms with Crippen LogP contribution in [0.25, 0.3) is 0 Å². The molecule has 3 atom stereocenters. The number of unbranched alkanes of at least 4 members (excludes halogenated alkanes) is 15. The summed E-state index contributed by atoms with van der Waals surface area (Å²) in [4.78, 5) is 33.3. The average Bonchev–Trinajstić information content (AvgIpc) is 3.06. The van der Waals surface area contributed by atoms with Crippen LogP contribution in [0.3, 0.4) is 0 Å². The van der Waals surface area contributed by atoms with E-state index in [1.54, 1.807) is 0 Å². The molecule has 0 heterocycles. The zero-order valence-electron chi connectivity index (χ0n) is 30.1. The maximum atomic E-state index is 12.5. The minimum Gasteiger partial charge on any atom is -0.480 e. The van der Waals surface area contributed by atoms with Crippen LogP contribution in [0.2, 0.25) is 0 Å². The first-order chi connectivity index (χ1) is 23.2. The molecule has 280 valence electrons. The fourth-order valence-corrected chi connectivity index (χ4v) is 5.57. The van der Waals surface area contributed by atoms with Crippen LogP contribution in [0, 0.1) is 0 Å². The Hall–Kier alpha value is -1.81. The van der Waals surface area contributed by atoms with E-state index in [-0.39, 0.29) is 13.0 Å². The molecule has 4 N–H and O–H groups in total. The van der Waals surface area contributed by atoms with Gasteiger partial charge in [-0.25, -0.2) is 4.57 Å². The van der Waals surface area contributed by atoms with Crippen molar-refractivity contribution in [2.45, 2.75) is 161 Å². The van der Waals surface area contributed by atoms with E-state index in [2.05, 4.69) is 54.8 Å². The number of aliphatic carboxylic acids is 1. The van der Waals surface area contributed by atoms with Gasteiger partial charge in [0.15, 0.2) is 0 Å². The Bertz CT molecular complexity index is 909. The van der Waals surface area contributed by atoms with Gasteiger partial charge in [0.1, 0.15) is 12.1 Å². The van der Waals surface area contributed by atoms with Gasteiger partial charge in [-0.05, 0) is 44.9 Å². The molecule has 3 unspecified atom stereocenters. The molecule has 48 heavy (non-hydrogen) atoms. The number of phosphoric acid groups is 1. The van der Waals surface area contributed by atoms with E-state index < -0.39 is 45.1 Å². The molecule has 0 aliphatic rings. The van der Waals surface area contributed by atoms with Crippen molar-refractivity contribution < 1.29 is 42.7 Å². The number of ether oxygens (including phenoxy) is 2. The Morgan fingerprint density at radius 1 is 0.688 bits per heavy atom. The highest BCUT2D eigenvalue weighted by Gasteiger charge is 2.27. The minimum absolute atomic E-state index is 0.0113. The Kier molecular flexibility index (Phi) is 32.4. The molecule has 10 nitrogen and oxygen atoms in total. The fourth-order valence-electron chi connectivity index (χ4n) is 4.79. The van der Waals surface area contributed by atoms with E-state index in [1.807, 2.05) is 0 Å². The van der Waals surface area contributed by atoms with E-state index in [1.165, 1.54) is 51.4 Å². The van der Waals surface area contributed by atoms with Crippen molar-refractivity contribution in [3.63, 3.8) is 0 Å². The van der Waals surface area contributed by atoms with Crippen LogP contribution in [-0.4, -0.2) is 60.5 Å². The van der Waals surface area contributed by atoms with Crippen molar-refractivity contribution in [1.82, 2.24) is 0 Å². The van der Waals surface area contributed by atoms with E-state index in [0.29, 0.717) is 13.0 Å². The summed E-state index contributed by atoms with van der Waals surface area (Å²) in [7, 11) is -4.61. The van der Waals surface area contributed by atoms with Crippen LogP contribution in [0.4, 0.5) is 0 Å². The summed E-state index contributed by atoms with van der Waals surface area (Å²) in [5.41, 5.74) is 5.33. The van der Waals surface area contributed by atoms with Crippen LogP contribution in [0.1, 0.15) is 149 Å². The van der Waals surface area contributed by atoms with Crippen molar-refractivity contribution in [2.24, 2.45) is 5.73 Å². The minimum atomic E-state index is -4.61. The van der Waals surface area contributed by atoms with Gasteiger partial charge in [0, 0.05) is 13.0 Å². The third-order valence-corrected chi connectivity index (χ3v) is 8.63. The summed E-state index contributed by atoms with van der Waals surface area (Å²) in [6.07, 6.45) is 34.8. The quantitative estimate of drug-likeness (QED) is 0.0252. The first-order valence-electron chi connectivity index (χ1n) is 18.5. The molecule has 0 saturated heterocycles. The molecule has 0 rings (SSSR count). The molecular formula is C37H68NO9P. The Balaban J connectivity index is 4.35. The maximum absolute atomic E-state index is 12.5. The highest BCUT2D eigenvalue weighted by Crippen LogP contribution is 2.43. The lowest BCUT2D eigenvalue weighted by molar-refractivity contribution is -0.154. The number of carboxylic acid groups (broad SMARTS) is 1. The lowest BCUT2D eigenvalue weighted by atomic mass is 10.1. The zero-order valence-corrected chi connectivity index (χ0v) is 31.0. The number of hydrogen-bond donors (Lipinski definition) is 3. The van der Waals surface area contributed by atoms with Crippen LogP contribution in [0.5, 0.6) is 0 Å². The van der Waals surface area contributed by atoms with Crippen molar-refractivity contribution in [3.8, 4) is 0 Å². The van der Waals surface area contributed by atoms with Gasteiger partial charge in [0.25, 0.3) is 0 Å². The molecule has 0 aliphatic carbocycles.